The molecule has 0 unspecified atom stereocenters. The average molecular weight is 214 g/mol. The van der Waals surface area contributed by atoms with Gasteiger partial charge in [0.2, 0.25) is 0 Å². The molecular weight excluding hydrogens is 196 g/mol. The van der Waals surface area contributed by atoms with Crippen LogP contribution in [-0.2, 0) is 0 Å². The van der Waals surface area contributed by atoms with E-state index in [2.05, 4.69) is 32.2 Å². The molecule has 2 heteroatoms. The summed E-state index contributed by atoms with van der Waals surface area (Å²) in [7, 11) is 0. The van der Waals surface area contributed by atoms with Gasteiger partial charge in [-0.1, -0.05) is 30.4 Å². The normalized spacial score (nSPS) is 11.6. The van der Waals surface area contributed by atoms with Gasteiger partial charge in [-0.25, -0.2) is 0 Å². The standard InChI is InChI=1S/C14H18N2/c1-14(2,3)16-10-6-9-12-7-4-5-8-13(12)11-15/h4-9,16H,10H2,1-3H3/b9-6+. The Balaban J connectivity index is 2.60. The highest BCUT2D eigenvalue weighted by Gasteiger charge is 2.05. The van der Waals surface area contributed by atoms with Crippen molar-refractivity contribution in [2.45, 2.75) is 26.3 Å². The number of hydrogen-bond acceptors (Lipinski definition) is 2. The summed E-state index contributed by atoms with van der Waals surface area (Å²) in [6.07, 6.45) is 4.03. The average Bonchev–Trinajstić information content (AvgIpc) is 2.23. The van der Waals surface area contributed by atoms with Crippen molar-refractivity contribution in [3.05, 3.63) is 41.5 Å². The molecule has 0 aromatic heterocycles. The van der Waals surface area contributed by atoms with Crippen molar-refractivity contribution in [1.29, 1.82) is 5.26 Å². The largest absolute Gasteiger partial charge is 0.309 e. The zero-order chi connectivity index (χ0) is 12.0. The fourth-order valence-corrected chi connectivity index (χ4v) is 1.30. The van der Waals surface area contributed by atoms with E-state index in [0.29, 0.717) is 0 Å². The topological polar surface area (TPSA) is 35.8 Å². The lowest BCUT2D eigenvalue weighted by Gasteiger charge is -2.18. The predicted octanol–water partition coefficient (Wildman–Crippen LogP) is 2.96. The fourth-order valence-electron chi connectivity index (χ4n) is 1.30. The molecule has 1 rings (SSSR count). The van der Waals surface area contributed by atoms with Gasteiger partial charge in [-0.15, -0.1) is 0 Å². The zero-order valence-corrected chi connectivity index (χ0v) is 10.1. The van der Waals surface area contributed by atoms with Crippen LogP contribution in [-0.4, -0.2) is 12.1 Å². The van der Waals surface area contributed by atoms with Crippen molar-refractivity contribution in [3.63, 3.8) is 0 Å². The van der Waals surface area contributed by atoms with Crippen LogP contribution >= 0.6 is 0 Å². The second kappa shape index (κ2) is 5.48. The second-order valence-corrected chi connectivity index (χ2v) is 4.73. The molecule has 0 spiro atoms. The third kappa shape index (κ3) is 4.29. The number of benzene rings is 1. The van der Waals surface area contributed by atoms with Crippen molar-refractivity contribution in [2.75, 3.05) is 6.54 Å². The van der Waals surface area contributed by atoms with Crippen LogP contribution in [0.25, 0.3) is 6.08 Å². The molecule has 1 aromatic carbocycles. The van der Waals surface area contributed by atoms with Crippen molar-refractivity contribution >= 4 is 6.08 Å². The molecule has 0 bridgehead atoms. The first-order chi connectivity index (χ1) is 7.53. The first-order valence-corrected chi connectivity index (χ1v) is 5.43. The Morgan fingerprint density at radius 1 is 1.31 bits per heavy atom. The number of hydrogen-bond donors (Lipinski definition) is 1. The monoisotopic (exact) mass is 214 g/mol. The van der Waals surface area contributed by atoms with Gasteiger partial charge >= 0.3 is 0 Å². The van der Waals surface area contributed by atoms with Crippen LogP contribution in [0.15, 0.2) is 30.3 Å². The maximum Gasteiger partial charge on any atom is 0.0997 e. The van der Waals surface area contributed by atoms with E-state index in [9.17, 15) is 0 Å². The summed E-state index contributed by atoms with van der Waals surface area (Å²) in [5, 5.41) is 12.3. The quantitative estimate of drug-likeness (QED) is 0.839. The van der Waals surface area contributed by atoms with E-state index in [0.717, 1.165) is 17.7 Å². The minimum Gasteiger partial charge on any atom is -0.309 e. The van der Waals surface area contributed by atoms with E-state index in [4.69, 9.17) is 5.26 Å². The summed E-state index contributed by atoms with van der Waals surface area (Å²) in [5.74, 6) is 0. The van der Waals surface area contributed by atoms with Gasteiger partial charge in [-0.05, 0) is 32.4 Å². The van der Waals surface area contributed by atoms with E-state index < -0.39 is 0 Å². The van der Waals surface area contributed by atoms with Crippen LogP contribution in [0.2, 0.25) is 0 Å². The van der Waals surface area contributed by atoms with Gasteiger partial charge in [0, 0.05) is 12.1 Å². The molecule has 0 amide bonds. The molecular formula is C14H18N2. The Labute approximate surface area is 97.6 Å². The Morgan fingerprint density at radius 2 is 2.00 bits per heavy atom. The molecule has 0 aliphatic rings. The molecule has 84 valence electrons. The summed E-state index contributed by atoms with van der Waals surface area (Å²) < 4.78 is 0. The Bertz CT molecular complexity index is 405. The van der Waals surface area contributed by atoms with Crippen molar-refractivity contribution in [3.8, 4) is 6.07 Å². The summed E-state index contributed by atoms with van der Waals surface area (Å²) in [6, 6.07) is 9.78. The lowest BCUT2D eigenvalue weighted by Crippen LogP contribution is -2.35. The highest BCUT2D eigenvalue weighted by Crippen LogP contribution is 2.09. The number of nitriles is 1. The number of nitrogens with one attached hydrogen (secondary N) is 1. The van der Waals surface area contributed by atoms with Gasteiger partial charge in [-0.3, -0.25) is 0 Å². The first-order valence-electron chi connectivity index (χ1n) is 5.43. The zero-order valence-electron chi connectivity index (χ0n) is 10.1. The SMILES string of the molecule is CC(C)(C)NC/C=C/c1ccccc1C#N. The van der Waals surface area contributed by atoms with Gasteiger partial charge < -0.3 is 5.32 Å². The Kier molecular flexibility index (Phi) is 4.28. The molecule has 0 aliphatic heterocycles. The molecule has 0 radical (unpaired) electrons. The van der Waals surface area contributed by atoms with Crippen LogP contribution < -0.4 is 5.32 Å². The minimum atomic E-state index is 0.124. The molecule has 2 nitrogen and oxygen atoms in total. The van der Waals surface area contributed by atoms with E-state index in [1.807, 2.05) is 36.4 Å². The lowest BCUT2D eigenvalue weighted by atomic mass is 10.1. The molecule has 0 saturated carbocycles. The predicted molar refractivity (Wildman–Crippen MR) is 67.9 cm³/mol. The van der Waals surface area contributed by atoms with E-state index in [-0.39, 0.29) is 5.54 Å². The second-order valence-electron chi connectivity index (χ2n) is 4.73. The molecule has 0 heterocycles. The van der Waals surface area contributed by atoms with Crippen LogP contribution in [0.3, 0.4) is 0 Å². The summed E-state index contributed by atoms with van der Waals surface area (Å²) in [5.41, 5.74) is 1.81. The van der Waals surface area contributed by atoms with E-state index >= 15 is 0 Å². The fraction of sp³-hybridized carbons (Fsp3) is 0.357. The summed E-state index contributed by atoms with van der Waals surface area (Å²) >= 11 is 0. The van der Waals surface area contributed by atoms with Crippen molar-refractivity contribution < 1.29 is 0 Å². The molecule has 0 atom stereocenters. The maximum atomic E-state index is 8.90. The third-order valence-electron chi connectivity index (χ3n) is 2.13. The molecule has 0 saturated heterocycles. The van der Waals surface area contributed by atoms with Gasteiger partial charge in [0.25, 0.3) is 0 Å². The van der Waals surface area contributed by atoms with Gasteiger partial charge in [-0.2, -0.15) is 5.26 Å². The highest BCUT2D eigenvalue weighted by atomic mass is 14.9. The summed E-state index contributed by atoms with van der Waals surface area (Å²) in [4.78, 5) is 0. The van der Waals surface area contributed by atoms with Gasteiger partial charge in [0.15, 0.2) is 0 Å². The lowest BCUT2D eigenvalue weighted by molar-refractivity contribution is 0.450. The molecule has 16 heavy (non-hydrogen) atoms. The Hall–Kier alpha value is -1.59. The number of nitrogens with zero attached hydrogens (tertiary/aromatic N) is 1. The minimum absolute atomic E-state index is 0.124. The summed E-state index contributed by atoms with van der Waals surface area (Å²) in [6.45, 7) is 7.20. The van der Waals surface area contributed by atoms with Crippen molar-refractivity contribution in [1.82, 2.24) is 5.32 Å². The van der Waals surface area contributed by atoms with Gasteiger partial charge in [0.05, 0.1) is 11.6 Å². The molecule has 0 fully saturated rings. The molecule has 1 N–H and O–H groups in total. The van der Waals surface area contributed by atoms with Crippen LogP contribution in [0.4, 0.5) is 0 Å². The maximum absolute atomic E-state index is 8.90. The molecule has 0 aliphatic carbocycles. The molecule has 1 aromatic rings. The Morgan fingerprint density at radius 3 is 2.62 bits per heavy atom. The van der Waals surface area contributed by atoms with Crippen molar-refractivity contribution in [2.24, 2.45) is 0 Å². The van der Waals surface area contributed by atoms with Crippen LogP contribution in [0, 0.1) is 11.3 Å². The smallest absolute Gasteiger partial charge is 0.0997 e. The number of rotatable bonds is 3. The van der Waals surface area contributed by atoms with Gasteiger partial charge in [0.1, 0.15) is 0 Å². The first kappa shape index (κ1) is 12.5. The van der Waals surface area contributed by atoms with E-state index in [1.54, 1.807) is 0 Å². The van der Waals surface area contributed by atoms with Crippen LogP contribution in [0.5, 0.6) is 0 Å². The highest BCUT2D eigenvalue weighted by molar-refractivity contribution is 5.57. The third-order valence-corrected chi connectivity index (χ3v) is 2.13. The van der Waals surface area contributed by atoms with Crippen LogP contribution in [0.1, 0.15) is 31.9 Å². The van der Waals surface area contributed by atoms with E-state index in [1.165, 1.54) is 0 Å².